The van der Waals surface area contributed by atoms with Crippen LogP contribution >= 0.6 is 0 Å². The molecule has 4 rings (SSSR count). The van der Waals surface area contributed by atoms with Gasteiger partial charge >= 0.3 is 0 Å². The molecule has 0 radical (unpaired) electrons. The Hall–Kier alpha value is -3.48. The SMILES string of the molecule is Cc1cccc(Nc2cccc(C3CCCN3C(=O)CCOc3cccc(F)c3)n2)n1. The van der Waals surface area contributed by atoms with Gasteiger partial charge in [-0.2, -0.15) is 0 Å². The lowest BCUT2D eigenvalue weighted by Crippen LogP contribution is -2.32. The van der Waals surface area contributed by atoms with Crippen LogP contribution in [0.1, 0.15) is 36.7 Å². The van der Waals surface area contributed by atoms with Gasteiger partial charge in [0.25, 0.3) is 0 Å². The highest BCUT2D eigenvalue weighted by atomic mass is 19.1. The van der Waals surface area contributed by atoms with Gasteiger partial charge in [0, 0.05) is 18.3 Å². The van der Waals surface area contributed by atoms with E-state index in [4.69, 9.17) is 9.72 Å². The van der Waals surface area contributed by atoms with Crippen LogP contribution in [0.25, 0.3) is 0 Å². The summed E-state index contributed by atoms with van der Waals surface area (Å²) < 4.78 is 18.8. The minimum atomic E-state index is -0.358. The Morgan fingerprint density at radius 1 is 1.13 bits per heavy atom. The number of ether oxygens (including phenoxy) is 1. The van der Waals surface area contributed by atoms with Gasteiger partial charge in [-0.25, -0.2) is 14.4 Å². The van der Waals surface area contributed by atoms with E-state index >= 15 is 0 Å². The molecule has 0 spiro atoms. The van der Waals surface area contributed by atoms with E-state index in [2.05, 4.69) is 10.3 Å². The van der Waals surface area contributed by atoms with E-state index in [1.807, 2.05) is 48.2 Å². The first-order valence-corrected chi connectivity index (χ1v) is 10.4. The number of amides is 1. The van der Waals surface area contributed by atoms with Gasteiger partial charge in [-0.15, -0.1) is 0 Å². The van der Waals surface area contributed by atoms with Crippen molar-refractivity contribution in [2.45, 2.75) is 32.2 Å². The number of carbonyl (C=O) groups excluding carboxylic acids is 1. The third-order valence-electron chi connectivity index (χ3n) is 5.21. The molecular formula is C24H25FN4O2. The van der Waals surface area contributed by atoms with Crippen LogP contribution in [-0.2, 0) is 4.79 Å². The standard InChI is InChI=1S/C24H25FN4O2/c1-17-6-2-11-22(26-17)28-23-12-4-9-20(27-23)21-10-5-14-29(21)24(30)13-15-31-19-8-3-7-18(25)16-19/h2-4,6-9,11-12,16,21H,5,10,13-15H2,1H3,(H,26,27,28). The number of pyridine rings is 2. The highest BCUT2D eigenvalue weighted by Gasteiger charge is 2.30. The molecule has 31 heavy (non-hydrogen) atoms. The number of hydrogen-bond acceptors (Lipinski definition) is 5. The van der Waals surface area contributed by atoms with Crippen molar-refractivity contribution in [3.63, 3.8) is 0 Å². The predicted octanol–water partition coefficient (Wildman–Crippen LogP) is 4.80. The first-order chi connectivity index (χ1) is 15.1. The van der Waals surface area contributed by atoms with E-state index in [0.717, 1.165) is 30.0 Å². The van der Waals surface area contributed by atoms with Crippen molar-refractivity contribution >= 4 is 17.5 Å². The summed E-state index contributed by atoms with van der Waals surface area (Å²) in [5.74, 6) is 1.52. The van der Waals surface area contributed by atoms with Gasteiger partial charge in [0.05, 0.1) is 24.8 Å². The number of carbonyl (C=O) groups is 1. The summed E-state index contributed by atoms with van der Waals surface area (Å²) in [6, 6.07) is 17.4. The molecule has 2 aromatic heterocycles. The van der Waals surface area contributed by atoms with Crippen LogP contribution in [0.3, 0.4) is 0 Å². The fourth-order valence-electron chi connectivity index (χ4n) is 3.78. The van der Waals surface area contributed by atoms with Crippen LogP contribution in [0.15, 0.2) is 60.7 Å². The second kappa shape index (κ2) is 9.55. The van der Waals surface area contributed by atoms with Crippen molar-refractivity contribution in [1.82, 2.24) is 14.9 Å². The van der Waals surface area contributed by atoms with Crippen LogP contribution in [0.5, 0.6) is 5.75 Å². The largest absolute Gasteiger partial charge is 0.493 e. The van der Waals surface area contributed by atoms with Crippen molar-refractivity contribution < 1.29 is 13.9 Å². The van der Waals surface area contributed by atoms with Crippen LogP contribution in [-0.4, -0.2) is 33.9 Å². The molecule has 3 heterocycles. The number of benzene rings is 1. The summed E-state index contributed by atoms with van der Waals surface area (Å²) in [4.78, 5) is 23.9. The molecule has 1 saturated heterocycles. The number of anilines is 2. The first kappa shape index (κ1) is 20.8. The zero-order valence-corrected chi connectivity index (χ0v) is 17.4. The molecule has 1 atom stereocenters. The van der Waals surface area contributed by atoms with Crippen LogP contribution < -0.4 is 10.1 Å². The van der Waals surface area contributed by atoms with E-state index < -0.39 is 0 Å². The van der Waals surface area contributed by atoms with Gasteiger partial charge in [0.2, 0.25) is 5.91 Å². The van der Waals surface area contributed by atoms with Crippen LogP contribution in [0, 0.1) is 12.7 Å². The highest BCUT2D eigenvalue weighted by molar-refractivity contribution is 5.77. The maximum absolute atomic E-state index is 13.3. The minimum absolute atomic E-state index is 0.0133. The predicted molar refractivity (Wildman–Crippen MR) is 117 cm³/mol. The zero-order chi connectivity index (χ0) is 21.6. The lowest BCUT2D eigenvalue weighted by Gasteiger charge is -2.25. The number of aromatic nitrogens is 2. The normalized spacial score (nSPS) is 15.7. The number of aryl methyl sites for hydroxylation is 1. The molecule has 1 fully saturated rings. The van der Waals surface area contributed by atoms with Gasteiger partial charge in [-0.1, -0.05) is 18.2 Å². The number of nitrogens with one attached hydrogen (secondary N) is 1. The van der Waals surface area contributed by atoms with E-state index in [0.29, 0.717) is 18.1 Å². The average Bonchev–Trinajstić information content (AvgIpc) is 3.24. The maximum atomic E-state index is 13.3. The van der Waals surface area contributed by atoms with Crippen molar-refractivity contribution in [2.24, 2.45) is 0 Å². The molecule has 1 N–H and O–H groups in total. The Morgan fingerprint density at radius 3 is 2.71 bits per heavy atom. The molecule has 6 nitrogen and oxygen atoms in total. The number of halogens is 1. The first-order valence-electron chi connectivity index (χ1n) is 10.4. The van der Waals surface area contributed by atoms with E-state index in [-0.39, 0.29) is 30.8 Å². The smallest absolute Gasteiger partial charge is 0.226 e. The van der Waals surface area contributed by atoms with Gasteiger partial charge in [-0.05, 0) is 56.2 Å². The van der Waals surface area contributed by atoms with Crippen molar-refractivity contribution in [3.8, 4) is 5.75 Å². The summed E-state index contributed by atoms with van der Waals surface area (Å²) in [6.07, 6.45) is 2.04. The molecule has 0 bridgehead atoms. The summed E-state index contributed by atoms with van der Waals surface area (Å²) in [7, 11) is 0. The number of nitrogens with zero attached hydrogens (tertiary/aromatic N) is 3. The molecule has 0 saturated carbocycles. The Bertz CT molecular complexity index is 1060. The molecule has 1 aliphatic heterocycles. The summed E-state index contributed by atoms with van der Waals surface area (Å²) in [6.45, 7) is 2.84. The fourth-order valence-corrected chi connectivity index (χ4v) is 3.78. The molecule has 7 heteroatoms. The summed E-state index contributed by atoms with van der Waals surface area (Å²) in [5.41, 5.74) is 1.78. The second-order valence-corrected chi connectivity index (χ2v) is 7.54. The third kappa shape index (κ3) is 5.36. The molecule has 1 unspecified atom stereocenters. The number of hydrogen-bond donors (Lipinski definition) is 1. The Kier molecular flexibility index (Phi) is 6.40. The maximum Gasteiger partial charge on any atom is 0.226 e. The zero-order valence-electron chi connectivity index (χ0n) is 17.4. The monoisotopic (exact) mass is 420 g/mol. The van der Waals surface area contributed by atoms with E-state index in [1.54, 1.807) is 12.1 Å². The van der Waals surface area contributed by atoms with E-state index in [9.17, 15) is 9.18 Å². The molecule has 1 aliphatic rings. The summed E-state index contributed by atoms with van der Waals surface area (Å²) in [5, 5.41) is 3.23. The van der Waals surface area contributed by atoms with Gasteiger partial charge in [0.15, 0.2) is 0 Å². The molecule has 160 valence electrons. The highest BCUT2D eigenvalue weighted by Crippen LogP contribution is 2.32. The van der Waals surface area contributed by atoms with Gasteiger partial charge in [0.1, 0.15) is 23.2 Å². The van der Waals surface area contributed by atoms with Crippen LogP contribution in [0.2, 0.25) is 0 Å². The van der Waals surface area contributed by atoms with Crippen molar-refractivity contribution in [2.75, 3.05) is 18.5 Å². The quantitative estimate of drug-likeness (QED) is 0.595. The van der Waals surface area contributed by atoms with Crippen molar-refractivity contribution in [1.29, 1.82) is 0 Å². The second-order valence-electron chi connectivity index (χ2n) is 7.54. The molecule has 1 amide bonds. The minimum Gasteiger partial charge on any atom is -0.493 e. The summed E-state index contributed by atoms with van der Waals surface area (Å²) >= 11 is 0. The van der Waals surface area contributed by atoms with Crippen LogP contribution in [0.4, 0.5) is 16.0 Å². The molecule has 1 aromatic carbocycles. The third-order valence-corrected chi connectivity index (χ3v) is 5.21. The molecular weight excluding hydrogens is 395 g/mol. The number of likely N-dealkylation sites (tertiary alicyclic amines) is 1. The fraction of sp³-hybridized carbons (Fsp3) is 0.292. The lowest BCUT2D eigenvalue weighted by atomic mass is 10.1. The average molecular weight is 420 g/mol. The Balaban J connectivity index is 1.39. The molecule has 0 aliphatic carbocycles. The lowest BCUT2D eigenvalue weighted by molar-refractivity contribution is -0.132. The Labute approximate surface area is 181 Å². The topological polar surface area (TPSA) is 67.4 Å². The van der Waals surface area contributed by atoms with Gasteiger partial charge in [-0.3, -0.25) is 4.79 Å². The molecule has 3 aromatic rings. The van der Waals surface area contributed by atoms with E-state index in [1.165, 1.54) is 12.1 Å². The van der Waals surface area contributed by atoms with Gasteiger partial charge < -0.3 is 15.0 Å². The number of rotatable bonds is 7. The Morgan fingerprint density at radius 2 is 1.90 bits per heavy atom. The van der Waals surface area contributed by atoms with Crippen molar-refractivity contribution in [3.05, 3.63) is 77.9 Å².